The van der Waals surface area contributed by atoms with E-state index in [1.54, 1.807) is 24.3 Å². The SMILES string of the molecule is CCCCCCCC/C=C/COC(=O)c1ccccc1C(=O)OCCCCC. The molecule has 1 aromatic rings. The number of allylic oxidation sites excluding steroid dienone is 1. The number of rotatable bonds is 15. The maximum absolute atomic E-state index is 12.3. The zero-order chi connectivity index (χ0) is 20.5. The number of ether oxygens (including phenoxy) is 2. The second kappa shape index (κ2) is 15.9. The Morgan fingerprint density at radius 3 is 2.00 bits per heavy atom. The predicted molar refractivity (Wildman–Crippen MR) is 114 cm³/mol. The van der Waals surface area contributed by atoms with Crippen molar-refractivity contribution in [3.8, 4) is 0 Å². The van der Waals surface area contributed by atoms with E-state index in [-0.39, 0.29) is 17.7 Å². The molecule has 1 aromatic carbocycles. The van der Waals surface area contributed by atoms with E-state index in [1.165, 1.54) is 38.5 Å². The van der Waals surface area contributed by atoms with Gasteiger partial charge in [0.1, 0.15) is 6.61 Å². The third-order valence-corrected chi connectivity index (χ3v) is 4.55. The molecule has 0 amide bonds. The third-order valence-electron chi connectivity index (χ3n) is 4.55. The summed E-state index contributed by atoms with van der Waals surface area (Å²) in [7, 11) is 0. The summed E-state index contributed by atoms with van der Waals surface area (Å²) < 4.78 is 10.6. The Morgan fingerprint density at radius 1 is 0.750 bits per heavy atom. The summed E-state index contributed by atoms with van der Waals surface area (Å²) in [4.78, 5) is 24.5. The Balaban J connectivity index is 2.36. The van der Waals surface area contributed by atoms with Crippen LogP contribution in [0.3, 0.4) is 0 Å². The lowest BCUT2D eigenvalue weighted by molar-refractivity contribution is 0.0470. The molecule has 0 aliphatic heterocycles. The van der Waals surface area contributed by atoms with Gasteiger partial charge in [-0.05, 0) is 31.4 Å². The highest BCUT2D eigenvalue weighted by Gasteiger charge is 2.18. The van der Waals surface area contributed by atoms with Crippen molar-refractivity contribution in [1.82, 2.24) is 0 Å². The minimum absolute atomic E-state index is 0.217. The maximum atomic E-state index is 12.3. The summed E-state index contributed by atoms with van der Waals surface area (Å²) in [5.41, 5.74) is 0.521. The minimum atomic E-state index is -0.495. The molecule has 1 rings (SSSR count). The lowest BCUT2D eigenvalue weighted by Crippen LogP contribution is -2.14. The van der Waals surface area contributed by atoms with Gasteiger partial charge in [0, 0.05) is 0 Å². The van der Waals surface area contributed by atoms with Crippen LogP contribution >= 0.6 is 0 Å². The maximum Gasteiger partial charge on any atom is 0.339 e. The van der Waals surface area contributed by atoms with E-state index >= 15 is 0 Å². The highest BCUT2D eigenvalue weighted by Crippen LogP contribution is 2.13. The molecule has 0 aromatic heterocycles. The van der Waals surface area contributed by atoms with Crippen molar-refractivity contribution in [2.24, 2.45) is 0 Å². The molecule has 0 bridgehead atoms. The van der Waals surface area contributed by atoms with E-state index in [0.29, 0.717) is 6.61 Å². The fourth-order valence-electron chi connectivity index (χ4n) is 2.86. The number of unbranched alkanes of at least 4 members (excludes halogenated alkanes) is 8. The summed E-state index contributed by atoms with van der Waals surface area (Å²) >= 11 is 0. The molecule has 0 saturated heterocycles. The first-order valence-electron chi connectivity index (χ1n) is 10.8. The molecular formula is C24H36O4. The quantitative estimate of drug-likeness (QED) is 0.195. The van der Waals surface area contributed by atoms with Crippen molar-refractivity contribution in [3.05, 3.63) is 47.5 Å². The summed E-state index contributed by atoms with van der Waals surface area (Å²) in [6.45, 7) is 4.90. The summed E-state index contributed by atoms with van der Waals surface area (Å²) in [6.07, 6.45) is 15.5. The fourth-order valence-corrected chi connectivity index (χ4v) is 2.86. The molecule has 0 aliphatic rings. The normalized spacial score (nSPS) is 10.9. The number of benzene rings is 1. The first-order valence-corrected chi connectivity index (χ1v) is 10.8. The van der Waals surface area contributed by atoms with Crippen molar-refractivity contribution in [3.63, 3.8) is 0 Å². The Hall–Kier alpha value is -2.10. The van der Waals surface area contributed by atoms with Gasteiger partial charge in [-0.2, -0.15) is 0 Å². The zero-order valence-electron chi connectivity index (χ0n) is 17.6. The Morgan fingerprint density at radius 2 is 1.32 bits per heavy atom. The molecule has 0 saturated carbocycles. The van der Waals surface area contributed by atoms with Crippen LogP contribution in [0.1, 0.15) is 98.8 Å². The summed E-state index contributed by atoms with van der Waals surface area (Å²) in [5.74, 6) is -0.965. The fraction of sp³-hybridized carbons (Fsp3) is 0.583. The Bertz CT molecular complexity index is 592. The molecule has 0 heterocycles. The van der Waals surface area contributed by atoms with Crippen molar-refractivity contribution in [2.75, 3.05) is 13.2 Å². The third kappa shape index (κ3) is 10.3. The van der Waals surface area contributed by atoms with Gasteiger partial charge in [0.15, 0.2) is 0 Å². The van der Waals surface area contributed by atoms with Crippen LogP contribution in [0.4, 0.5) is 0 Å². The van der Waals surface area contributed by atoms with Gasteiger partial charge in [-0.25, -0.2) is 9.59 Å². The van der Waals surface area contributed by atoms with Gasteiger partial charge >= 0.3 is 11.9 Å². The summed E-state index contributed by atoms with van der Waals surface area (Å²) in [5, 5.41) is 0. The summed E-state index contributed by atoms with van der Waals surface area (Å²) in [6, 6.07) is 6.65. The molecule has 4 heteroatoms. The van der Waals surface area contributed by atoms with Crippen LogP contribution in [0.2, 0.25) is 0 Å². The first-order chi connectivity index (χ1) is 13.7. The van der Waals surface area contributed by atoms with E-state index in [1.807, 2.05) is 6.08 Å². The van der Waals surface area contributed by atoms with E-state index in [0.717, 1.165) is 25.7 Å². The molecule has 0 aliphatic carbocycles. The molecule has 0 fully saturated rings. The lowest BCUT2D eigenvalue weighted by atomic mass is 10.1. The largest absolute Gasteiger partial charge is 0.462 e. The molecule has 4 nitrogen and oxygen atoms in total. The Labute approximate surface area is 170 Å². The standard InChI is InChI=1S/C24H36O4/c1-3-5-7-8-9-10-11-12-16-20-28-24(26)22-18-14-13-17-21(22)23(25)27-19-15-6-4-2/h12-14,16-18H,3-11,15,19-20H2,1-2H3/b16-12+. The highest BCUT2D eigenvalue weighted by atomic mass is 16.5. The zero-order valence-corrected chi connectivity index (χ0v) is 17.6. The number of carbonyl (C=O) groups excluding carboxylic acids is 2. The van der Waals surface area contributed by atoms with Gasteiger partial charge in [0.05, 0.1) is 17.7 Å². The number of esters is 2. The van der Waals surface area contributed by atoms with Crippen molar-refractivity contribution in [2.45, 2.75) is 78.1 Å². The van der Waals surface area contributed by atoms with Crippen LogP contribution < -0.4 is 0 Å². The van der Waals surface area contributed by atoms with Gasteiger partial charge in [-0.1, -0.05) is 83.1 Å². The average molecular weight is 389 g/mol. The monoisotopic (exact) mass is 388 g/mol. The number of hydrogen-bond acceptors (Lipinski definition) is 4. The number of carbonyl (C=O) groups is 2. The van der Waals surface area contributed by atoms with Crippen molar-refractivity contribution >= 4 is 11.9 Å². The van der Waals surface area contributed by atoms with Crippen LogP contribution in [-0.2, 0) is 9.47 Å². The topological polar surface area (TPSA) is 52.6 Å². The first kappa shape index (κ1) is 23.9. The van der Waals surface area contributed by atoms with Gasteiger partial charge < -0.3 is 9.47 Å². The Kier molecular flexibility index (Phi) is 13.6. The molecule has 0 unspecified atom stereocenters. The average Bonchev–Trinajstić information content (AvgIpc) is 2.72. The second-order valence-electron chi connectivity index (χ2n) is 7.01. The van der Waals surface area contributed by atoms with Crippen LogP contribution in [0.15, 0.2) is 36.4 Å². The highest BCUT2D eigenvalue weighted by molar-refractivity contribution is 6.03. The second-order valence-corrected chi connectivity index (χ2v) is 7.01. The van der Waals surface area contributed by atoms with E-state index in [9.17, 15) is 9.59 Å². The van der Waals surface area contributed by atoms with E-state index < -0.39 is 11.9 Å². The molecule has 28 heavy (non-hydrogen) atoms. The number of hydrogen-bond donors (Lipinski definition) is 0. The predicted octanol–water partition coefficient (Wildman–Crippen LogP) is 6.50. The molecule has 156 valence electrons. The molecule has 0 N–H and O–H groups in total. The van der Waals surface area contributed by atoms with Gasteiger partial charge in [-0.15, -0.1) is 0 Å². The molecular weight excluding hydrogens is 352 g/mol. The molecule has 0 radical (unpaired) electrons. The van der Waals surface area contributed by atoms with E-state index in [4.69, 9.17) is 9.47 Å². The van der Waals surface area contributed by atoms with Crippen molar-refractivity contribution < 1.29 is 19.1 Å². The van der Waals surface area contributed by atoms with Crippen molar-refractivity contribution in [1.29, 1.82) is 0 Å². The van der Waals surface area contributed by atoms with Crippen LogP contribution in [0.25, 0.3) is 0 Å². The molecule has 0 atom stereocenters. The molecule has 0 spiro atoms. The smallest absolute Gasteiger partial charge is 0.339 e. The van der Waals surface area contributed by atoms with Crippen LogP contribution in [0.5, 0.6) is 0 Å². The lowest BCUT2D eigenvalue weighted by Gasteiger charge is -2.09. The van der Waals surface area contributed by atoms with Gasteiger partial charge in [0.2, 0.25) is 0 Å². The van der Waals surface area contributed by atoms with Crippen LogP contribution in [0, 0.1) is 0 Å². The van der Waals surface area contributed by atoms with Gasteiger partial charge in [0.25, 0.3) is 0 Å². The minimum Gasteiger partial charge on any atom is -0.462 e. The van der Waals surface area contributed by atoms with E-state index in [2.05, 4.69) is 19.9 Å². The van der Waals surface area contributed by atoms with Crippen LogP contribution in [-0.4, -0.2) is 25.2 Å². The van der Waals surface area contributed by atoms with Gasteiger partial charge in [-0.3, -0.25) is 0 Å².